The van der Waals surface area contributed by atoms with E-state index < -0.39 is 0 Å². The number of carbonyl (C=O) groups excluding carboxylic acids is 2. The van der Waals surface area contributed by atoms with Gasteiger partial charge < -0.3 is 14.8 Å². The lowest BCUT2D eigenvalue weighted by atomic mass is 10.2. The number of halogens is 2. The molecule has 0 saturated carbocycles. The van der Waals surface area contributed by atoms with Crippen molar-refractivity contribution in [2.75, 3.05) is 12.4 Å². The molecule has 0 spiro atoms. The summed E-state index contributed by atoms with van der Waals surface area (Å²) in [6.45, 7) is 0.341. The molecule has 0 aromatic heterocycles. The molecule has 7 nitrogen and oxygen atoms in total. The van der Waals surface area contributed by atoms with Gasteiger partial charge in [0.1, 0.15) is 6.61 Å². The lowest BCUT2D eigenvalue weighted by Gasteiger charge is -2.13. The van der Waals surface area contributed by atoms with Crippen molar-refractivity contribution in [3.8, 4) is 11.5 Å². The number of hydrogen-bond acceptors (Lipinski definition) is 5. The number of ether oxygens (including phenoxy) is 2. The normalized spacial score (nSPS) is 10.7. The largest absolute Gasteiger partial charge is 0.493 e. The summed E-state index contributed by atoms with van der Waals surface area (Å²) in [7, 11) is 1.54. The monoisotopic (exact) mass is 543 g/mol. The quantitative estimate of drug-likeness (QED) is 0.258. The third-order valence-electron chi connectivity index (χ3n) is 4.59. The molecule has 0 atom stereocenters. The lowest BCUT2D eigenvalue weighted by molar-refractivity contribution is -0.124. The predicted octanol–water partition coefficient (Wildman–Crippen LogP) is 5.56. The number of nitrogens with one attached hydrogen (secondary N) is 2. The molecule has 3 rings (SSSR count). The first kappa shape index (κ1) is 25.3. The SMILES string of the molecule is COc1cc(C=NNC(=O)CCC(=O)Nc2ccccc2)cc(Br)c1OCc1ccc(Cl)cc1. The van der Waals surface area contributed by atoms with Crippen LogP contribution in [0.3, 0.4) is 0 Å². The van der Waals surface area contributed by atoms with E-state index in [0.717, 1.165) is 5.56 Å². The third kappa shape index (κ3) is 7.90. The molecule has 2 N–H and O–H groups in total. The molecule has 0 saturated heterocycles. The standard InChI is InChI=1S/C25H23BrClN3O4/c1-33-22-14-18(13-21(26)25(22)34-16-17-7-9-19(27)10-8-17)15-28-30-24(32)12-11-23(31)29-20-5-3-2-4-6-20/h2-10,13-15H,11-12,16H2,1H3,(H,29,31)(H,30,32). The van der Waals surface area contributed by atoms with Crippen molar-refractivity contribution in [1.29, 1.82) is 0 Å². The summed E-state index contributed by atoms with van der Waals surface area (Å²) in [6.07, 6.45) is 1.55. The van der Waals surface area contributed by atoms with E-state index in [2.05, 4.69) is 31.8 Å². The van der Waals surface area contributed by atoms with Gasteiger partial charge in [-0.15, -0.1) is 0 Å². The Morgan fingerprint density at radius 1 is 1.03 bits per heavy atom. The molecule has 34 heavy (non-hydrogen) atoms. The van der Waals surface area contributed by atoms with Gasteiger partial charge in [-0.2, -0.15) is 5.10 Å². The highest BCUT2D eigenvalue weighted by molar-refractivity contribution is 9.10. The Morgan fingerprint density at radius 2 is 1.74 bits per heavy atom. The van der Waals surface area contributed by atoms with Crippen molar-refractivity contribution < 1.29 is 19.1 Å². The third-order valence-corrected chi connectivity index (χ3v) is 5.43. The summed E-state index contributed by atoms with van der Waals surface area (Å²) in [4.78, 5) is 24.0. The predicted molar refractivity (Wildman–Crippen MR) is 137 cm³/mol. The maximum atomic E-state index is 12.0. The van der Waals surface area contributed by atoms with Crippen LogP contribution in [0.15, 0.2) is 76.3 Å². The van der Waals surface area contributed by atoms with Crippen LogP contribution in [0, 0.1) is 0 Å². The Hall–Kier alpha value is -3.36. The van der Waals surface area contributed by atoms with Gasteiger partial charge in [-0.1, -0.05) is 41.9 Å². The van der Waals surface area contributed by atoms with Crippen molar-refractivity contribution in [2.24, 2.45) is 5.10 Å². The number of para-hydroxylation sites is 1. The van der Waals surface area contributed by atoms with Crippen LogP contribution in [0.2, 0.25) is 5.02 Å². The number of rotatable bonds is 10. The average molecular weight is 545 g/mol. The molecule has 0 radical (unpaired) electrons. The van der Waals surface area contributed by atoms with Gasteiger partial charge in [0, 0.05) is 23.6 Å². The van der Waals surface area contributed by atoms with Gasteiger partial charge in [0.15, 0.2) is 11.5 Å². The van der Waals surface area contributed by atoms with Crippen molar-refractivity contribution in [3.05, 3.63) is 87.4 Å². The zero-order valence-corrected chi connectivity index (χ0v) is 20.7. The van der Waals surface area contributed by atoms with E-state index in [0.29, 0.717) is 38.9 Å². The van der Waals surface area contributed by atoms with E-state index in [1.807, 2.05) is 30.3 Å². The molecule has 2 amide bonds. The first-order valence-corrected chi connectivity index (χ1v) is 11.5. The Morgan fingerprint density at radius 3 is 2.44 bits per heavy atom. The Balaban J connectivity index is 1.51. The fraction of sp³-hybridized carbons (Fsp3) is 0.160. The fourth-order valence-electron chi connectivity index (χ4n) is 2.90. The summed E-state index contributed by atoms with van der Waals surface area (Å²) in [5, 5.41) is 7.36. The number of amides is 2. The van der Waals surface area contributed by atoms with Crippen molar-refractivity contribution in [3.63, 3.8) is 0 Å². The Bertz CT molecular complexity index is 1150. The van der Waals surface area contributed by atoms with Gasteiger partial charge in [0.25, 0.3) is 0 Å². The van der Waals surface area contributed by atoms with Crippen molar-refractivity contribution in [1.82, 2.24) is 5.43 Å². The number of benzene rings is 3. The highest BCUT2D eigenvalue weighted by Gasteiger charge is 2.12. The molecule has 3 aromatic carbocycles. The Kier molecular flexibility index (Phi) is 9.49. The highest BCUT2D eigenvalue weighted by Crippen LogP contribution is 2.36. The van der Waals surface area contributed by atoms with Gasteiger partial charge in [0.2, 0.25) is 11.8 Å². The van der Waals surface area contributed by atoms with Crippen molar-refractivity contribution >= 4 is 51.2 Å². The summed E-state index contributed by atoms with van der Waals surface area (Å²) in [5.41, 5.74) is 4.76. The van der Waals surface area contributed by atoms with Crippen LogP contribution >= 0.6 is 27.5 Å². The van der Waals surface area contributed by atoms with Gasteiger partial charge in [-0.05, 0) is 63.5 Å². The number of carbonyl (C=O) groups is 2. The molecule has 0 aliphatic rings. The molecular formula is C25H23BrClN3O4. The van der Waals surface area contributed by atoms with Gasteiger partial charge in [0.05, 0.1) is 17.8 Å². The topological polar surface area (TPSA) is 89.0 Å². The van der Waals surface area contributed by atoms with Gasteiger partial charge in [-0.25, -0.2) is 5.43 Å². The zero-order valence-electron chi connectivity index (χ0n) is 18.4. The molecule has 0 aliphatic heterocycles. The zero-order chi connectivity index (χ0) is 24.3. The minimum Gasteiger partial charge on any atom is -0.493 e. The van der Waals surface area contributed by atoms with Crippen LogP contribution in [-0.4, -0.2) is 25.1 Å². The van der Waals surface area contributed by atoms with Crippen LogP contribution in [0.1, 0.15) is 24.0 Å². The van der Waals surface area contributed by atoms with Crippen LogP contribution in [0.25, 0.3) is 0 Å². The molecule has 0 unspecified atom stereocenters. The number of nitrogens with zero attached hydrogens (tertiary/aromatic N) is 1. The second kappa shape index (κ2) is 12.8. The molecule has 0 aliphatic carbocycles. The molecule has 0 fully saturated rings. The number of hydrogen-bond donors (Lipinski definition) is 2. The molecular weight excluding hydrogens is 522 g/mol. The highest BCUT2D eigenvalue weighted by atomic mass is 79.9. The fourth-order valence-corrected chi connectivity index (χ4v) is 3.60. The van der Waals surface area contributed by atoms with E-state index in [1.165, 1.54) is 6.21 Å². The second-order valence-corrected chi connectivity index (χ2v) is 8.45. The molecule has 0 heterocycles. The summed E-state index contributed by atoms with van der Waals surface area (Å²) >= 11 is 9.41. The van der Waals surface area contributed by atoms with E-state index >= 15 is 0 Å². The smallest absolute Gasteiger partial charge is 0.240 e. The average Bonchev–Trinajstić information content (AvgIpc) is 2.83. The van der Waals surface area contributed by atoms with E-state index in [-0.39, 0.29) is 24.7 Å². The minimum atomic E-state index is -0.367. The molecule has 176 valence electrons. The number of anilines is 1. The first-order valence-electron chi connectivity index (χ1n) is 10.4. The number of methoxy groups -OCH3 is 1. The maximum Gasteiger partial charge on any atom is 0.240 e. The van der Waals surface area contributed by atoms with Crippen LogP contribution in [-0.2, 0) is 16.2 Å². The summed E-state index contributed by atoms with van der Waals surface area (Å²) in [5.74, 6) is 0.443. The van der Waals surface area contributed by atoms with Gasteiger partial charge in [-0.3, -0.25) is 9.59 Å². The summed E-state index contributed by atoms with van der Waals surface area (Å²) < 4.78 is 12.0. The number of hydrazone groups is 1. The molecule has 9 heteroatoms. The van der Waals surface area contributed by atoms with Crippen LogP contribution < -0.4 is 20.2 Å². The Labute approximate surface area is 211 Å². The first-order chi connectivity index (χ1) is 16.4. The molecule has 0 bridgehead atoms. The second-order valence-electron chi connectivity index (χ2n) is 7.16. The molecule has 3 aromatic rings. The van der Waals surface area contributed by atoms with E-state index in [1.54, 1.807) is 43.5 Å². The lowest BCUT2D eigenvalue weighted by Crippen LogP contribution is -2.20. The van der Waals surface area contributed by atoms with Crippen LogP contribution in [0.5, 0.6) is 11.5 Å². The minimum absolute atomic E-state index is 0.0144. The van der Waals surface area contributed by atoms with Crippen molar-refractivity contribution in [2.45, 2.75) is 19.4 Å². The van der Waals surface area contributed by atoms with E-state index in [4.69, 9.17) is 21.1 Å². The summed E-state index contributed by atoms with van der Waals surface area (Å²) in [6, 6.07) is 20.0. The van der Waals surface area contributed by atoms with E-state index in [9.17, 15) is 9.59 Å². The van der Waals surface area contributed by atoms with Crippen LogP contribution in [0.4, 0.5) is 5.69 Å². The maximum absolute atomic E-state index is 12.0. The van der Waals surface area contributed by atoms with Gasteiger partial charge >= 0.3 is 0 Å².